The van der Waals surface area contributed by atoms with Crippen molar-refractivity contribution in [3.05, 3.63) is 36.7 Å². The molecule has 3 rings (SSSR count). The number of pyridine rings is 1. The number of nitrogens with zero attached hydrogens (tertiary/aromatic N) is 6. The fourth-order valence-corrected chi connectivity index (χ4v) is 1.97. The number of hydrogen-bond donors (Lipinski definition) is 1. The summed E-state index contributed by atoms with van der Waals surface area (Å²) in [6.45, 7) is 2.27. The van der Waals surface area contributed by atoms with E-state index in [-0.39, 0.29) is 6.42 Å². The molecule has 0 unspecified atom stereocenters. The highest BCUT2D eigenvalue weighted by molar-refractivity contribution is 5.66. The van der Waals surface area contributed by atoms with Crippen LogP contribution in [0.3, 0.4) is 0 Å². The lowest BCUT2D eigenvalue weighted by Crippen LogP contribution is -2.33. The zero-order chi connectivity index (χ0) is 14.8. The predicted octanol–water partition coefficient (Wildman–Crippen LogP) is 0.257. The molecule has 106 valence electrons. The standard InChI is InChI=1S/C13H12N6O2/c1-9-16-12(17-13-14-8-15-19(9)13)10-2-5-18(6-3-10)7-4-11(20)21/h2-3,5-6,8H,4,7H2,1H3/p+1. The van der Waals surface area contributed by atoms with Crippen LogP contribution in [0.2, 0.25) is 0 Å². The molecule has 0 radical (unpaired) electrons. The van der Waals surface area contributed by atoms with Crippen LogP contribution in [0.5, 0.6) is 0 Å². The van der Waals surface area contributed by atoms with Gasteiger partial charge in [-0.05, 0) is 6.92 Å². The first kappa shape index (κ1) is 13.1. The molecule has 0 saturated carbocycles. The molecule has 21 heavy (non-hydrogen) atoms. The highest BCUT2D eigenvalue weighted by atomic mass is 16.4. The van der Waals surface area contributed by atoms with Gasteiger partial charge in [0.2, 0.25) is 0 Å². The molecule has 8 heteroatoms. The van der Waals surface area contributed by atoms with E-state index in [0.717, 1.165) is 5.56 Å². The van der Waals surface area contributed by atoms with Gasteiger partial charge in [-0.1, -0.05) is 0 Å². The van der Waals surface area contributed by atoms with Gasteiger partial charge < -0.3 is 5.11 Å². The maximum atomic E-state index is 10.5. The molecule has 3 aromatic heterocycles. The highest BCUT2D eigenvalue weighted by Gasteiger charge is 2.10. The minimum Gasteiger partial charge on any atom is -0.481 e. The number of carbonyl (C=O) groups is 1. The molecule has 1 N–H and O–H groups in total. The van der Waals surface area contributed by atoms with Gasteiger partial charge in [-0.2, -0.15) is 19.6 Å². The van der Waals surface area contributed by atoms with E-state index in [0.29, 0.717) is 24.0 Å². The van der Waals surface area contributed by atoms with Gasteiger partial charge in [0.15, 0.2) is 24.8 Å². The van der Waals surface area contributed by atoms with Gasteiger partial charge in [-0.25, -0.2) is 9.55 Å². The average Bonchev–Trinajstić information content (AvgIpc) is 2.94. The molecule has 0 aliphatic heterocycles. The Labute approximate surface area is 119 Å². The van der Waals surface area contributed by atoms with Crippen molar-refractivity contribution in [1.29, 1.82) is 0 Å². The van der Waals surface area contributed by atoms with Gasteiger partial charge in [-0.15, -0.1) is 0 Å². The van der Waals surface area contributed by atoms with Crippen molar-refractivity contribution in [2.24, 2.45) is 0 Å². The monoisotopic (exact) mass is 285 g/mol. The first-order valence-electron chi connectivity index (χ1n) is 6.39. The van der Waals surface area contributed by atoms with E-state index >= 15 is 0 Å². The fraction of sp³-hybridized carbons (Fsp3) is 0.231. The SMILES string of the molecule is Cc1nc(-c2cc[n+](CCC(=O)O)cc2)nc2ncnn12. The molecule has 0 aliphatic carbocycles. The summed E-state index contributed by atoms with van der Waals surface area (Å²) in [6.07, 6.45) is 5.15. The van der Waals surface area contributed by atoms with Gasteiger partial charge >= 0.3 is 5.97 Å². The van der Waals surface area contributed by atoms with E-state index in [4.69, 9.17) is 5.11 Å². The first-order chi connectivity index (χ1) is 10.1. The molecule has 3 heterocycles. The lowest BCUT2D eigenvalue weighted by Gasteiger charge is -2.02. The van der Waals surface area contributed by atoms with Gasteiger partial charge in [0.25, 0.3) is 5.78 Å². The highest BCUT2D eigenvalue weighted by Crippen LogP contribution is 2.13. The number of aliphatic carboxylic acids is 1. The second kappa shape index (κ2) is 5.23. The lowest BCUT2D eigenvalue weighted by molar-refractivity contribution is -0.695. The second-order valence-corrected chi connectivity index (χ2v) is 4.53. The molecule has 0 atom stereocenters. The summed E-state index contributed by atoms with van der Waals surface area (Å²) in [5.74, 6) is 0.955. The van der Waals surface area contributed by atoms with Crippen molar-refractivity contribution in [1.82, 2.24) is 24.6 Å². The number of hydrogen-bond acceptors (Lipinski definition) is 5. The molecular weight excluding hydrogens is 272 g/mol. The molecule has 8 nitrogen and oxygen atoms in total. The van der Waals surface area contributed by atoms with E-state index in [1.807, 2.05) is 31.5 Å². The largest absolute Gasteiger partial charge is 0.481 e. The molecule has 3 aromatic rings. The van der Waals surface area contributed by atoms with E-state index in [2.05, 4.69) is 20.1 Å². The third-order valence-corrected chi connectivity index (χ3v) is 3.04. The molecule has 0 fully saturated rings. The summed E-state index contributed by atoms with van der Waals surface area (Å²) < 4.78 is 3.37. The Morgan fingerprint density at radius 2 is 2.10 bits per heavy atom. The van der Waals surface area contributed by atoms with Crippen molar-refractivity contribution in [3.8, 4) is 11.4 Å². The van der Waals surface area contributed by atoms with Crippen molar-refractivity contribution >= 4 is 11.7 Å². The minimum absolute atomic E-state index is 0.0886. The van der Waals surface area contributed by atoms with Crippen molar-refractivity contribution in [2.75, 3.05) is 0 Å². The number of carboxylic acid groups (broad SMARTS) is 1. The molecule has 0 spiro atoms. The molecule has 0 saturated heterocycles. The summed E-state index contributed by atoms with van der Waals surface area (Å²) >= 11 is 0. The maximum absolute atomic E-state index is 10.5. The lowest BCUT2D eigenvalue weighted by atomic mass is 10.2. The second-order valence-electron chi connectivity index (χ2n) is 4.53. The summed E-state index contributed by atoms with van der Waals surface area (Å²) in [4.78, 5) is 23.4. The van der Waals surface area contributed by atoms with Crippen LogP contribution in [0.4, 0.5) is 0 Å². The molecule has 0 aromatic carbocycles. The van der Waals surface area contributed by atoms with Gasteiger partial charge in [0.1, 0.15) is 18.6 Å². The fourth-order valence-electron chi connectivity index (χ4n) is 1.97. The Hall–Kier alpha value is -2.90. The topological polar surface area (TPSA) is 97.2 Å². The van der Waals surface area contributed by atoms with Crippen LogP contribution in [0.25, 0.3) is 17.2 Å². The molecule has 0 bridgehead atoms. The number of carboxylic acids is 1. The van der Waals surface area contributed by atoms with E-state index in [9.17, 15) is 4.79 Å². The first-order valence-corrected chi connectivity index (χ1v) is 6.39. The van der Waals surface area contributed by atoms with Gasteiger partial charge in [0.05, 0.1) is 0 Å². The number of rotatable bonds is 4. The third-order valence-electron chi connectivity index (χ3n) is 3.04. The molecule has 0 aliphatic rings. The quantitative estimate of drug-likeness (QED) is 0.690. The predicted molar refractivity (Wildman–Crippen MR) is 71.2 cm³/mol. The van der Waals surface area contributed by atoms with Crippen LogP contribution < -0.4 is 4.57 Å². The third kappa shape index (κ3) is 2.69. The molecular formula is C13H13N6O2+. The van der Waals surface area contributed by atoms with E-state index in [1.54, 1.807) is 9.08 Å². The summed E-state index contributed by atoms with van der Waals surface area (Å²) in [6, 6.07) is 3.70. The normalized spacial score (nSPS) is 10.9. The van der Waals surface area contributed by atoms with E-state index in [1.165, 1.54) is 6.33 Å². The van der Waals surface area contributed by atoms with Gasteiger partial charge in [-0.3, -0.25) is 4.79 Å². The van der Waals surface area contributed by atoms with Crippen molar-refractivity contribution in [2.45, 2.75) is 19.9 Å². The number of fused-ring (bicyclic) bond motifs is 1. The Bertz CT molecular complexity index is 796. The summed E-state index contributed by atoms with van der Waals surface area (Å²) in [7, 11) is 0. The zero-order valence-electron chi connectivity index (χ0n) is 11.3. The number of aryl methyl sites for hydroxylation is 2. The minimum atomic E-state index is -0.817. The van der Waals surface area contributed by atoms with Crippen molar-refractivity contribution < 1.29 is 14.5 Å². The zero-order valence-corrected chi connectivity index (χ0v) is 11.3. The smallest absolute Gasteiger partial charge is 0.309 e. The van der Waals surface area contributed by atoms with Crippen LogP contribution in [-0.4, -0.2) is 35.6 Å². The average molecular weight is 285 g/mol. The Morgan fingerprint density at radius 3 is 2.81 bits per heavy atom. The molecule has 0 amide bonds. The Kier molecular flexibility index (Phi) is 3.27. The summed E-state index contributed by atoms with van der Waals surface area (Å²) in [5, 5.41) is 12.7. The van der Waals surface area contributed by atoms with Crippen LogP contribution in [0.1, 0.15) is 12.2 Å². The summed E-state index contributed by atoms with van der Waals surface area (Å²) in [5.41, 5.74) is 0.843. The van der Waals surface area contributed by atoms with Crippen LogP contribution in [-0.2, 0) is 11.3 Å². The Morgan fingerprint density at radius 1 is 1.33 bits per heavy atom. The van der Waals surface area contributed by atoms with Crippen LogP contribution >= 0.6 is 0 Å². The van der Waals surface area contributed by atoms with E-state index < -0.39 is 5.97 Å². The van der Waals surface area contributed by atoms with Gasteiger partial charge in [0, 0.05) is 17.7 Å². The maximum Gasteiger partial charge on any atom is 0.309 e. The number of aromatic nitrogens is 6. The Balaban J connectivity index is 1.89. The van der Waals surface area contributed by atoms with Crippen LogP contribution in [0, 0.1) is 6.92 Å². The van der Waals surface area contributed by atoms with Crippen LogP contribution in [0.15, 0.2) is 30.9 Å². The van der Waals surface area contributed by atoms with Crippen molar-refractivity contribution in [3.63, 3.8) is 0 Å².